The van der Waals surface area contributed by atoms with E-state index < -0.39 is 0 Å². The van der Waals surface area contributed by atoms with Crippen molar-refractivity contribution in [3.8, 4) is 0 Å². The first-order valence-corrected chi connectivity index (χ1v) is 10.3. The number of pyridine rings is 1. The molecule has 7 heteroatoms. The molecule has 1 heterocycles. The minimum absolute atomic E-state index is 0.193. The van der Waals surface area contributed by atoms with Crippen molar-refractivity contribution in [3.63, 3.8) is 0 Å². The molecule has 0 spiro atoms. The number of carbonyl (C=O) groups is 1. The van der Waals surface area contributed by atoms with Crippen LogP contribution in [0.5, 0.6) is 0 Å². The summed E-state index contributed by atoms with van der Waals surface area (Å²) in [5.74, 6) is -0.0238. The molecule has 0 aliphatic carbocycles. The maximum absolute atomic E-state index is 12.3. The molecule has 0 atom stereocenters. The van der Waals surface area contributed by atoms with Crippen LogP contribution < -0.4 is 5.32 Å². The van der Waals surface area contributed by atoms with Crippen LogP contribution in [-0.4, -0.2) is 16.6 Å². The number of fused-ring (bicyclic) bond motifs is 1. The van der Waals surface area contributed by atoms with Crippen molar-refractivity contribution in [2.24, 2.45) is 0 Å². The molecular weight excluding hydrogens is 423 g/mol. The Labute approximate surface area is 177 Å². The highest BCUT2D eigenvalue weighted by Gasteiger charge is 2.13. The molecule has 0 radical (unpaired) electrons. The Morgan fingerprint density at radius 2 is 1.67 bits per heavy atom. The largest absolute Gasteiger partial charge is 0.323 e. The molecule has 1 aromatic heterocycles. The number of nitrogens with zero attached hydrogens (tertiary/aromatic N) is 1. The van der Waals surface area contributed by atoms with Crippen LogP contribution in [0.2, 0.25) is 15.1 Å². The van der Waals surface area contributed by atoms with Crippen molar-refractivity contribution in [1.82, 2.24) is 4.98 Å². The lowest BCUT2D eigenvalue weighted by atomic mass is 10.0. The molecule has 0 fully saturated rings. The number of rotatable bonds is 4. The molecule has 3 aromatic rings. The van der Waals surface area contributed by atoms with Crippen LogP contribution in [0, 0.1) is 20.8 Å². The Morgan fingerprint density at radius 3 is 2.33 bits per heavy atom. The fourth-order valence-corrected chi connectivity index (χ4v) is 4.54. The van der Waals surface area contributed by atoms with Gasteiger partial charge in [0.25, 0.3) is 0 Å². The SMILES string of the molecule is Cc1cc(C)c2nc(SCC(=O)Nc3c(Cl)cc(Cl)cc3Cl)cc(C)c2c1. The van der Waals surface area contributed by atoms with Gasteiger partial charge >= 0.3 is 0 Å². The van der Waals surface area contributed by atoms with Gasteiger partial charge in [0.15, 0.2) is 0 Å². The third kappa shape index (κ3) is 4.69. The molecule has 3 rings (SSSR count). The minimum Gasteiger partial charge on any atom is -0.323 e. The Hall–Kier alpha value is -1.46. The highest BCUT2D eigenvalue weighted by Crippen LogP contribution is 2.34. The van der Waals surface area contributed by atoms with Gasteiger partial charge in [-0.2, -0.15) is 0 Å². The van der Waals surface area contributed by atoms with Gasteiger partial charge in [-0.3, -0.25) is 4.79 Å². The van der Waals surface area contributed by atoms with E-state index in [1.807, 2.05) is 13.0 Å². The lowest BCUT2D eigenvalue weighted by molar-refractivity contribution is -0.113. The van der Waals surface area contributed by atoms with Crippen molar-refractivity contribution < 1.29 is 4.79 Å². The average Bonchev–Trinajstić information content (AvgIpc) is 2.57. The third-order valence-corrected chi connectivity index (χ3v) is 5.78. The second kappa shape index (κ2) is 8.27. The van der Waals surface area contributed by atoms with Gasteiger partial charge in [-0.1, -0.05) is 58.2 Å². The molecule has 0 bridgehead atoms. The number of hydrogen-bond acceptors (Lipinski definition) is 3. The zero-order valence-electron chi connectivity index (χ0n) is 15.0. The van der Waals surface area contributed by atoms with Gasteiger partial charge in [0.05, 0.1) is 32.0 Å². The molecule has 27 heavy (non-hydrogen) atoms. The average molecular weight is 440 g/mol. The number of benzene rings is 2. The highest BCUT2D eigenvalue weighted by molar-refractivity contribution is 7.99. The zero-order valence-corrected chi connectivity index (χ0v) is 18.1. The smallest absolute Gasteiger partial charge is 0.234 e. The topological polar surface area (TPSA) is 42.0 Å². The van der Waals surface area contributed by atoms with Crippen LogP contribution in [0.3, 0.4) is 0 Å². The molecular formula is C20H17Cl3N2OS. The van der Waals surface area contributed by atoms with E-state index in [9.17, 15) is 4.79 Å². The van der Waals surface area contributed by atoms with Crippen LogP contribution in [0.1, 0.15) is 16.7 Å². The lowest BCUT2D eigenvalue weighted by Crippen LogP contribution is -2.14. The summed E-state index contributed by atoms with van der Waals surface area (Å²) in [5, 5.41) is 5.70. The van der Waals surface area contributed by atoms with Crippen molar-refractivity contribution in [1.29, 1.82) is 0 Å². The molecule has 0 unspecified atom stereocenters. The standard InChI is InChI=1S/C20H17Cl3N2OS/c1-10-4-12(3)19-14(5-10)11(2)6-18(25-19)27-9-17(26)24-20-15(22)7-13(21)8-16(20)23/h4-8H,9H2,1-3H3,(H,24,26). The molecule has 0 aliphatic heterocycles. The van der Waals surface area contributed by atoms with Crippen molar-refractivity contribution >= 4 is 69.1 Å². The van der Waals surface area contributed by atoms with Gasteiger partial charge in [-0.25, -0.2) is 4.98 Å². The van der Waals surface area contributed by atoms with Gasteiger partial charge < -0.3 is 5.32 Å². The lowest BCUT2D eigenvalue weighted by Gasteiger charge is -2.11. The maximum Gasteiger partial charge on any atom is 0.234 e. The van der Waals surface area contributed by atoms with Crippen LogP contribution in [0.15, 0.2) is 35.4 Å². The fourth-order valence-electron chi connectivity index (χ4n) is 2.86. The molecule has 1 amide bonds. The van der Waals surface area contributed by atoms with E-state index in [0.717, 1.165) is 27.1 Å². The second-order valence-electron chi connectivity index (χ2n) is 6.34. The number of hydrogen-bond donors (Lipinski definition) is 1. The molecule has 1 N–H and O–H groups in total. The van der Waals surface area contributed by atoms with E-state index >= 15 is 0 Å². The quantitative estimate of drug-likeness (QED) is 0.452. The molecule has 0 saturated heterocycles. The monoisotopic (exact) mass is 438 g/mol. The van der Waals surface area contributed by atoms with Crippen LogP contribution in [0.25, 0.3) is 10.9 Å². The fraction of sp³-hybridized carbons (Fsp3) is 0.200. The number of anilines is 1. The normalized spacial score (nSPS) is 11.0. The van der Waals surface area contributed by atoms with Crippen LogP contribution in [0.4, 0.5) is 5.69 Å². The van der Waals surface area contributed by atoms with Gasteiger partial charge in [-0.05, 0) is 56.2 Å². The summed E-state index contributed by atoms with van der Waals surface area (Å²) < 4.78 is 0. The number of aryl methyl sites for hydroxylation is 3. The Bertz CT molecular complexity index is 1030. The molecule has 3 nitrogen and oxygen atoms in total. The Balaban J connectivity index is 1.76. The van der Waals surface area contributed by atoms with Gasteiger partial charge in [0.1, 0.15) is 0 Å². The van der Waals surface area contributed by atoms with Crippen LogP contribution >= 0.6 is 46.6 Å². The molecule has 140 valence electrons. The maximum atomic E-state index is 12.3. The number of halogens is 3. The number of nitrogens with one attached hydrogen (secondary N) is 1. The minimum atomic E-state index is -0.216. The van der Waals surface area contributed by atoms with Crippen molar-refractivity contribution in [2.75, 3.05) is 11.1 Å². The van der Waals surface area contributed by atoms with E-state index in [2.05, 4.69) is 31.3 Å². The Kier molecular flexibility index (Phi) is 6.21. The van der Waals surface area contributed by atoms with Crippen LogP contribution in [-0.2, 0) is 4.79 Å². The summed E-state index contributed by atoms with van der Waals surface area (Å²) in [6.45, 7) is 6.18. The van der Waals surface area contributed by atoms with Crippen molar-refractivity contribution in [3.05, 3.63) is 62.1 Å². The van der Waals surface area contributed by atoms with E-state index in [1.54, 1.807) is 0 Å². The zero-order chi connectivity index (χ0) is 19.7. The first-order chi connectivity index (χ1) is 12.7. The highest BCUT2D eigenvalue weighted by atomic mass is 35.5. The summed E-state index contributed by atoms with van der Waals surface area (Å²) >= 11 is 19.5. The van der Waals surface area contributed by atoms with E-state index in [4.69, 9.17) is 39.8 Å². The summed E-state index contributed by atoms with van der Waals surface area (Å²) in [4.78, 5) is 17.0. The van der Waals surface area contributed by atoms with E-state index in [1.165, 1.54) is 29.5 Å². The molecule has 2 aromatic carbocycles. The summed E-state index contributed by atoms with van der Waals surface area (Å²) in [6, 6.07) is 9.33. The predicted molar refractivity (Wildman–Crippen MR) is 117 cm³/mol. The van der Waals surface area contributed by atoms with E-state index in [0.29, 0.717) is 20.8 Å². The summed E-state index contributed by atoms with van der Waals surface area (Å²) in [6.07, 6.45) is 0. The Morgan fingerprint density at radius 1 is 1.00 bits per heavy atom. The van der Waals surface area contributed by atoms with Gasteiger partial charge in [0, 0.05) is 10.4 Å². The molecule has 0 aliphatic rings. The van der Waals surface area contributed by atoms with Crippen molar-refractivity contribution in [2.45, 2.75) is 25.8 Å². The summed E-state index contributed by atoms with van der Waals surface area (Å²) in [7, 11) is 0. The van der Waals surface area contributed by atoms with Gasteiger partial charge in [0.2, 0.25) is 5.91 Å². The first kappa shape index (κ1) is 20.3. The third-order valence-electron chi connectivity index (χ3n) is 4.05. The summed E-state index contributed by atoms with van der Waals surface area (Å²) in [5.41, 5.74) is 4.80. The second-order valence-corrected chi connectivity index (χ2v) is 8.58. The number of thioether (sulfide) groups is 1. The molecule has 0 saturated carbocycles. The van der Waals surface area contributed by atoms with Gasteiger partial charge in [-0.15, -0.1) is 0 Å². The number of amides is 1. The van der Waals surface area contributed by atoms with E-state index in [-0.39, 0.29) is 11.7 Å². The first-order valence-electron chi connectivity index (χ1n) is 8.20. The number of carbonyl (C=O) groups excluding carboxylic acids is 1. The predicted octanol–water partition coefficient (Wildman–Crippen LogP) is 6.85. The number of aromatic nitrogens is 1.